The quantitative estimate of drug-likeness (QED) is 0.164. The molecule has 0 bridgehead atoms. The highest BCUT2D eigenvalue weighted by atomic mass is 14.8. The number of rotatable bonds is 6. The molecule has 6 aromatic carbocycles. The fourth-order valence-corrected chi connectivity index (χ4v) is 7.07. The zero-order valence-corrected chi connectivity index (χ0v) is 29.7. The molecular weight excluding hydrogens is 643 g/mol. The van der Waals surface area contributed by atoms with Crippen LogP contribution in [0.1, 0.15) is 28.8 Å². The van der Waals surface area contributed by atoms with E-state index < -0.39 is 0 Å². The lowest BCUT2D eigenvalue weighted by molar-refractivity contribution is 1.13. The Bertz CT molecular complexity index is 2550. The Balaban J connectivity index is 0.000000178. The van der Waals surface area contributed by atoms with Crippen molar-refractivity contribution >= 4 is 27.1 Å². The smallest absolute Gasteiger partial charge is 0.116 e. The number of pyridine rings is 1. The second-order valence-electron chi connectivity index (χ2n) is 13.3. The summed E-state index contributed by atoms with van der Waals surface area (Å²) in [6.07, 6.45) is 15.7. The highest BCUT2D eigenvalue weighted by Gasteiger charge is 2.11. The zero-order valence-electron chi connectivity index (χ0n) is 29.7. The number of aryl methyl sites for hydroxylation is 1. The van der Waals surface area contributed by atoms with Gasteiger partial charge >= 0.3 is 0 Å². The van der Waals surface area contributed by atoms with Gasteiger partial charge in [0.25, 0.3) is 0 Å². The van der Waals surface area contributed by atoms with Crippen LogP contribution in [0.2, 0.25) is 0 Å². The van der Waals surface area contributed by atoms with Crippen LogP contribution in [0.15, 0.2) is 195 Å². The minimum Gasteiger partial charge on any atom is -0.256 e. The van der Waals surface area contributed by atoms with Crippen LogP contribution in [0, 0.1) is 6.92 Å². The Morgan fingerprint density at radius 1 is 0.491 bits per heavy atom. The molecule has 2 aromatic heterocycles. The van der Waals surface area contributed by atoms with Gasteiger partial charge < -0.3 is 0 Å². The van der Waals surface area contributed by atoms with Gasteiger partial charge in [0.1, 0.15) is 6.33 Å². The third kappa shape index (κ3) is 7.80. The van der Waals surface area contributed by atoms with Gasteiger partial charge in [-0.2, -0.15) is 0 Å². The maximum Gasteiger partial charge on any atom is 0.116 e. The molecule has 3 nitrogen and oxygen atoms in total. The van der Waals surface area contributed by atoms with Crippen molar-refractivity contribution in [2.24, 2.45) is 0 Å². The standard InChI is InChI=1S/C33H25N.C17H14N2/c1-23-18-24(20-29(19-23)25-13-15-26(16-14-25)33-12-6-7-17-34-33)21-32-30-10-4-2-8-27(30)22-28-9-3-5-11-31(28)32;1-2-5-9-14(8-4-1)16-12-17(19-13-18-16)15-10-6-3-7-11-15/h2-20,22H,21H2,1H3;1-8,10-13H,9H2. The molecule has 2 heterocycles. The summed E-state index contributed by atoms with van der Waals surface area (Å²) in [5.41, 5.74) is 12.9. The molecule has 0 fully saturated rings. The molecule has 53 heavy (non-hydrogen) atoms. The summed E-state index contributed by atoms with van der Waals surface area (Å²) in [7, 11) is 0. The molecule has 1 aliphatic rings. The molecule has 1 aliphatic carbocycles. The van der Waals surface area contributed by atoms with Crippen LogP contribution in [0.5, 0.6) is 0 Å². The van der Waals surface area contributed by atoms with Crippen LogP contribution in [0.3, 0.4) is 0 Å². The average molecular weight is 682 g/mol. The van der Waals surface area contributed by atoms with E-state index in [0.717, 1.165) is 41.1 Å². The predicted molar refractivity (Wildman–Crippen MR) is 222 cm³/mol. The highest BCUT2D eigenvalue weighted by molar-refractivity contribution is 6.02. The summed E-state index contributed by atoms with van der Waals surface area (Å²) in [5.74, 6) is 0. The van der Waals surface area contributed by atoms with Gasteiger partial charge in [-0.1, -0.05) is 163 Å². The van der Waals surface area contributed by atoms with Crippen molar-refractivity contribution in [1.29, 1.82) is 0 Å². The molecule has 0 saturated carbocycles. The van der Waals surface area contributed by atoms with Crippen LogP contribution in [0.25, 0.3) is 60.8 Å². The normalized spacial score (nSPS) is 12.2. The first-order valence-electron chi connectivity index (χ1n) is 18.1. The Morgan fingerprint density at radius 2 is 1.17 bits per heavy atom. The molecular formula is C50H39N3. The lowest BCUT2D eigenvalue weighted by Crippen LogP contribution is -1.94. The predicted octanol–water partition coefficient (Wildman–Crippen LogP) is 12.7. The highest BCUT2D eigenvalue weighted by Crippen LogP contribution is 2.32. The van der Waals surface area contributed by atoms with Gasteiger partial charge in [0.15, 0.2) is 0 Å². The molecule has 0 atom stereocenters. The molecule has 0 unspecified atom stereocenters. The molecule has 8 aromatic rings. The number of hydrogen-bond acceptors (Lipinski definition) is 3. The second kappa shape index (κ2) is 15.7. The van der Waals surface area contributed by atoms with Gasteiger partial charge in [-0.3, -0.25) is 4.98 Å². The summed E-state index contributed by atoms with van der Waals surface area (Å²) in [4.78, 5) is 13.2. The Morgan fingerprint density at radius 3 is 1.92 bits per heavy atom. The third-order valence-electron chi connectivity index (χ3n) is 9.64. The van der Waals surface area contributed by atoms with Gasteiger partial charge in [-0.05, 0) is 93.4 Å². The van der Waals surface area contributed by atoms with Gasteiger partial charge in [-0.15, -0.1) is 0 Å². The molecule has 0 saturated heterocycles. The number of benzene rings is 6. The average Bonchev–Trinajstić information content (AvgIpc) is 3.52. The van der Waals surface area contributed by atoms with Crippen LogP contribution in [-0.4, -0.2) is 15.0 Å². The molecule has 0 aliphatic heterocycles. The molecule has 254 valence electrons. The van der Waals surface area contributed by atoms with Crippen molar-refractivity contribution in [3.8, 4) is 33.6 Å². The molecule has 0 N–H and O–H groups in total. The van der Waals surface area contributed by atoms with Crippen molar-refractivity contribution in [2.45, 2.75) is 19.8 Å². The van der Waals surface area contributed by atoms with E-state index in [1.165, 1.54) is 54.9 Å². The number of fused-ring (bicyclic) bond motifs is 2. The van der Waals surface area contributed by atoms with E-state index in [1.54, 1.807) is 6.33 Å². The lowest BCUT2D eigenvalue weighted by atomic mass is 9.90. The topological polar surface area (TPSA) is 38.7 Å². The maximum atomic E-state index is 4.48. The minimum atomic E-state index is 0.901. The fourth-order valence-electron chi connectivity index (χ4n) is 7.07. The molecule has 0 amide bonds. The number of hydrogen-bond donors (Lipinski definition) is 0. The van der Waals surface area contributed by atoms with Crippen LogP contribution in [0.4, 0.5) is 0 Å². The van der Waals surface area contributed by atoms with Crippen LogP contribution in [-0.2, 0) is 6.42 Å². The summed E-state index contributed by atoms with van der Waals surface area (Å²) in [6.45, 7) is 2.19. The summed E-state index contributed by atoms with van der Waals surface area (Å²) >= 11 is 0. The van der Waals surface area contributed by atoms with Crippen molar-refractivity contribution in [3.05, 3.63) is 217 Å². The Hall–Kier alpha value is -6.71. The minimum absolute atomic E-state index is 0.901. The lowest BCUT2D eigenvalue weighted by Gasteiger charge is -2.14. The first kappa shape index (κ1) is 33.4. The van der Waals surface area contributed by atoms with Gasteiger partial charge in [0.05, 0.1) is 17.1 Å². The van der Waals surface area contributed by atoms with E-state index in [1.807, 2.05) is 60.8 Å². The Labute approximate surface area is 311 Å². The number of nitrogens with zero attached hydrogens (tertiary/aromatic N) is 3. The van der Waals surface area contributed by atoms with E-state index in [2.05, 4.69) is 149 Å². The van der Waals surface area contributed by atoms with Crippen LogP contribution < -0.4 is 0 Å². The molecule has 0 radical (unpaired) electrons. The SMILES string of the molecule is C1=CC=C(c2cc(-c3ccccc3)ncn2)CC=C1.Cc1cc(Cc2c3ccccc3cc3ccccc23)cc(-c2ccc(-c3ccccn3)cc2)c1. The van der Waals surface area contributed by atoms with E-state index >= 15 is 0 Å². The van der Waals surface area contributed by atoms with E-state index in [9.17, 15) is 0 Å². The summed E-state index contributed by atoms with van der Waals surface area (Å²) in [6, 6.07) is 53.7. The van der Waals surface area contributed by atoms with Crippen molar-refractivity contribution in [2.75, 3.05) is 0 Å². The monoisotopic (exact) mass is 681 g/mol. The van der Waals surface area contributed by atoms with Crippen molar-refractivity contribution in [3.63, 3.8) is 0 Å². The molecule has 0 spiro atoms. The van der Waals surface area contributed by atoms with E-state index in [0.29, 0.717) is 0 Å². The van der Waals surface area contributed by atoms with Gasteiger partial charge in [0, 0.05) is 17.3 Å². The fraction of sp³-hybridized carbons (Fsp3) is 0.0600. The second-order valence-corrected chi connectivity index (χ2v) is 13.3. The third-order valence-corrected chi connectivity index (χ3v) is 9.64. The molecule has 3 heteroatoms. The van der Waals surface area contributed by atoms with Crippen molar-refractivity contribution in [1.82, 2.24) is 15.0 Å². The first-order chi connectivity index (χ1) is 26.2. The summed E-state index contributed by atoms with van der Waals surface area (Å²) in [5, 5.41) is 5.27. The van der Waals surface area contributed by atoms with Crippen molar-refractivity contribution < 1.29 is 0 Å². The zero-order chi connectivity index (χ0) is 35.8. The largest absolute Gasteiger partial charge is 0.256 e. The van der Waals surface area contributed by atoms with Crippen LogP contribution >= 0.6 is 0 Å². The number of allylic oxidation sites excluding steroid dienone is 6. The van der Waals surface area contributed by atoms with Gasteiger partial charge in [-0.25, -0.2) is 9.97 Å². The van der Waals surface area contributed by atoms with Gasteiger partial charge in [0.2, 0.25) is 0 Å². The van der Waals surface area contributed by atoms with E-state index in [4.69, 9.17) is 0 Å². The first-order valence-corrected chi connectivity index (χ1v) is 18.1. The maximum absolute atomic E-state index is 4.48. The van der Waals surface area contributed by atoms with E-state index in [-0.39, 0.29) is 0 Å². The Kier molecular flexibility index (Phi) is 9.89. The summed E-state index contributed by atoms with van der Waals surface area (Å²) < 4.78 is 0. The molecule has 9 rings (SSSR count). The number of aromatic nitrogens is 3.